The van der Waals surface area contributed by atoms with Gasteiger partial charge in [-0.05, 0) is 30.7 Å². The van der Waals surface area contributed by atoms with E-state index in [4.69, 9.17) is 5.73 Å². The molecule has 2 N–H and O–H groups in total. The summed E-state index contributed by atoms with van der Waals surface area (Å²) in [4.78, 5) is 13.9. The maximum absolute atomic E-state index is 11.9. The normalized spacial score (nSPS) is 22.1. The van der Waals surface area contributed by atoms with Crippen LogP contribution in [0.2, 0.25) is 0 Å². The van der Waals surface area contributed by atoms with Crippen molar-refractivity contribution in [1.29, 1.82) is 0 Å². The van der Waals surface area contributed by atoms with E-state index >= 15 is 0 Å². The van der Waals surface area contributed by atoms with Gasteiger partial charge < -0.3 is 10.6 Å². The van der Waals surface area contributed by atoms with Crippen molar-refractivity contribution >= 4 is 5.91 Å². The molecule has 15 heavy (non-hydrogen) atoms. The SMILES string of the molecule is CC(C)(C)CC(=O)N1CCC(CCN)C1. The first-order valence-electron chi connectivity index (χ1n) is 5.90. The van der Waals surface area contributed by atoms with Crippen molar-refractivity contribution in [3.05, 3.63) is 0 Å². The van der Waals surface area contributed by atoms with E-state index in [2.05, 4.69) is 20.8 Å². The van der Waals surface area contributed by atoms with E-state index in [0.29, 0.717) is 18.2 Å². The molecule has 0 saturated carbocycles. The fourth-order valence-electron chi connectivity index (χ4n) is 2.10. The number of hydrogen-bond acceptors (Lipinski definition) is 2. The predicted octanol–water partition coefficient (Wildman–Crippen LogP) is 1.62. The lowest BCUT2D eigenvalue weighted by Crippen LogP contribution is -2.31. The van der Waals surface area contributed by atoms with Gasteiger partial charge in [0.15, 0.2) is 0 Å². The molecule has 0 aromatic carbocycles. The van der Waals surface area contributed by atoms with E-state index in [9.17, 15) is 4.79 Å². The maximum atomic E-state index is 11.9. The van der Waals surface area contributed by atoms with E-state index in [1.165, 1.54) is 0 Å². The van der Waals surface area contributed by atoms with Crippen LogP contribution in [-0.2, 0) is 4.79 Å². The van der Waals surface area contributed by atoms with Gasteiger partial charge in [-0.1, -0.05) is 20.8 Å². The number of hydrogen-bond donors (Lipinski definition) is 1. The van der Waals surface area contributed by atoms with E-state index in [1.807, 2.05) is 4.90 Å². The van der Waals surface area contributed by atoms with Gasteiger partial charge in [0.25, 0.3) is 0 Å². The number of nitrogens with zero attached hydrogens (tertiary/aromatic N) is 1. The van der Waals surface area contributed by atoms with Gasteiger partial charge in [-0.2, -0.15) is 0 Å². The van der Waals surface area contributed by atoms with E-state index < -0.39 is 0 Å². The zero-order valence-corrected chi connectivity index (χ0v) is 10.3. The Morgan fingerprint density at radius 2 is 2.13 bits per heavy atom. The average Bonchev–Trinajstić information content (AvgIpc) is 2.50. The van der Waals surface area contributed by atoms with Crippen LogP contribution in [0.5, 0.6) is 0 Å². The smallest absolute Gasteiger partial charge is 0.223 e. The van der Waals surface area contributed by atoms with E-state index in [-0.39, 0.29) is 5.41 Å². The molecule has 1 atom stereocenters. The van der Waals surface area contributed by atoms with Gasteiger partial charge in [0.1, 0.15) is 0 Å². The summed E-state index contributed by atoms with van der Waals surface area (Å²) < 4.78 is 0. The molecule has 1 fully saturated rings. The van der Waals surface area contributed by atoms with Gasteiger partial charge in [-0.15, -0.1) is 0 Å². The molecule has 0 bridgehead atoms. The lowest BCUT2D eigenvalue weighted by Gasteiger charge is -2.23. The summed E-state index contributed by atoms with van der Waals surface area (Å²) in [5.74, 6) is 0.945. The monoisotopic (exact) mass is 212 g/mol. The minimum atomic E-state index is 0.100. The standard InChI is InChI=1S/C12H24N2O/c1-12(2,3)8-11(15)14-7-5-10(9-14)4-6-13/h10H,4-9,13H2,1-3H3. The first-order valence-corrected chi connectivity index (χ1v) is 5.90. The maximum Gasteiger partial charge on any atom is 0.223 e. The zero-order valence-electron chi connectivity index (χ0n) is 10.3. The molecule has 1 amide bonds. The largest absolute Gasteiger partial charge is 0.342 e. The number of likely N-dealkylation sites (tertiary alicyclic amines) is 1. The fraction of sp³-hybridized carbons (Fsp3) is 0.917. The lowest BCUT2D eigenvalue weighted by molar-refractivity contribution is -0.132. The minimum Gasteiger partial charge on any atom is -0.342 e. The molecule has 0 aromatic rings. The van der Waals surface area contributed by atoms with Crippen LogP contribution in [0.3, 0.4) is 0 Å². The summed E-state index contributed by atoms with van der Waals surface area (Å²) in [6.45, 7) is 8.92. The molecule has 1 heterocycles. The Labute approximate surface area is 93.0 Å². The summed E-state index contributed by atoms with van der Waals surface area (Å²) in [5, 5.41) is 0. The topological polar surface area (TPSA) is 46.3 Å². The summed E-state index contributed by atoms with van der Waals surface area (Å²) in [5.41, 5.74) is 5.63. The highest BCUT2D eigenvalue weighted by Gasteiger charge is 2.27. The van der Waals surface area contributed by atoms with Crippen LogP contribution in [0.15, 0.2) is 0 Å². The molecule has 0 radical (unpaired) electrons. The van der Waals surface area contributed by atoms with Crippen molar-refractivity contribution in [2.45, 2.75) is 40.0 Å². The van der Waals surface area contributed by atoms with Crippen LogP contribution < -0.4 is 5.73 Å². The highest BCUT2D eigenvalue weighted by atomic mass is 16.2. The Hall–Kier alpha value is -0.570. The van der Waals surface area contributed by atoms with E-state index in [0.717, 1.165) is 32.5 Å². The van der Waals surface area contributed by atoms with Crippen molar-refractivity contribution in [1.82, 2.24) is 4.90 Å². The van der Waals surface area contributed by atoms with Gasteiger partial charge in [0.2, 0.25) is 5.91 Å². The molecule has 1 saturated heterocycles. The number of rotatable bonds is 3. The van der Waals surface area contributed by atoms with Gasteiger partial charge in [0.05, 0.1) is 0 Å². The minimum absolute atomic E-state index is 0.100. The second-order valence-corrected chi connectivity index (χ2v) is 5.81. The van der Waals surface area contributed by atoms with Crippen LogP contribution in [-0.4, -0.2) is 30.4 Å². The molecule has 1 aliphatic rings. The highest BCUT2D eigenvalue weighted by Crippen LogP contribution is 2.24. The van der Waals surface area contributed by atoms with Crippen LogP contribution >= 0.6 is 0 Å². The summed E-state index contributed by atoms with van der Waals surface area (Å²) >= 11 is 0. The molecule has 0 spiro atoms. The third kappa shape index (κ3) is 4.20. The quantitative estimate of drug-likeness (QED) is 0.772. The summed E-state index contributed by atoms with van der Waals surface area (Å²) in [6, 6.07) is 0. The van der Waals surface area contributed by atoms with Crippen LogP contribution in [0.1, 0.15) is 40.0 Å². The fourth-order valence-corrected chi connectivity index (χ4v) is 2.10. The molecule has 0 aliphatic carbocycles. The Bertz CT molecular complexity index is 220. The van der Waals surface area contributed by atoms with Gasteiger partial charge in [-0.25, -0.2) is 0 Å². The van der Waals surface area contributed by atoms with Crippen LogP contribution in [0, 0.1) is 11.3 Å². The predicted molar refractivity (Wildman–Crippen MR) is 62.4 cm³/mol. The lowest BCUT2D eigenvalue weighted by atomic mass is 9.91. The summed E-state index contributed by atoms with van der Waals surface area (Å²) in [7, 11) is 0. The molecule has 0 aromatic heterocycles. The van der Waals surface area contributed by atoms with Crippen LogP contribution in [0.25, 0.3) is 0 Å². The van der Waals surface area contributed by atoms with Crippen molar-refractivity contribution in [3.63, 3.8) is 0 Å². The first kappa shape index (κ1) is 12.5. The third-order valence-corrected chi connectivity index (χ3v) is 2.90. The summed E-state index contributed by atoms with van der Waals surface area (Å²) in [6.07, 6.45) is 2.84. The molecule has 1 unspecified atom stereocenters. The van der Waals surface area contributed by atoms with Crippen LogP contribution in [0.4, 0.5) is 0 Å². The third-order valence-electron chi connectivity index (χ3n) is 2.90. The van der Waals surface area contributed by atoms with Gasteiger partial charge >= 0.3 is 0 Å². The first-order chi connectivity index (χ1) is 6.92. The number of carbonyl (C=O) groups is 1. The Morgan fingerprint density at radius 3 is 2.67 bits per heavy atom. The second-order valence-electron chi connectivity index (χ2n) is 5.81. The molecule has 3 heteroatoms. The molecule has 3 nitrogen and oxygen atoms in total. The Balaban J connectivity index is 2.37. The van der Waals surface area contributed by atoms with Crippen molar-refractivity contribution in [2.75, 3.05) is 19.6 Å². The molecular weight excluding hydrogens is 188 g/mol. The number of carbonyl (C=O) groups excluding carboxylic acids is 1. The zero-order chi connectivity index (χ0) is 11.5. The van der Waals surface area contributed by atoms with Gasteiger partial charge in [-0.3, -0.25) is 4.79 Å². The second kappa shape index (κ2) is 4.97. The van der Waals surface area contributed by atoms with Crippen molar-refractivity contribution < 1.29 is 4.79 Å². The van der Waals surface area contributed by atoms with Gasteiger partial charge in [0, 0.05) is 19.5 Å². The van der Waals surface area contributed by atoms with Crippen molar-refractivity contribution in [3.8, 4) is 0 Å². The van der Waals surface area contributed by atoms with E-state index in [1.54, 1.807) is 0 Å². The Kier molecular flexibility index (Phi) is 4.14. The number of amides is 1. The Morgan fingerprint density at radius 1 is 1.47 bits per heavy atom. The molecule has 1 aliphatic heterocycles. The highest BCUT2D eigenvalue weighted by molar-refractivity contribution is 5.77. The van der Waals surface area contributed by atoms with Crippen molar-refractivity contribution in [2.24, 2.45) is 17.1 Å². The molecule has 1 rings (SSSR count). The molecular formula is C12H24N2O. The average molecular weight is 212 g/mol. The molecule has 88 valence electrons. The number of nitrogens with two attached hydrogens (primary N) is 1.